The van der Waals surface area contributed by atoms with E-state index in [2.05, 4.69) is 15.6 Å². The third-order valence-corrected chi connectivity index (χ3v) is 2.68. The molecule has 8 nitrogen and oxygen atoms in total. The largest absolute Gasteiger partial charge is 0.480 e. The van der Waals surface area contributed by atoms with Crippen LogP contribution in [0.3, 0.4) is 0 Å². The molecule has 0 aliphatic carbocycles. The van der Waals surface area contributed by atoms with Crippen molar-refractivity contribution < 1.29 is 19.5 Å². The topological polar surface area (TPSA) is 134 Å². The van der Waals surface area contributed by atoms with Gasteiger partial charge in [-0.15, -0.1) is 11.3 Å². The second-order valence-corrected chi connectivity index (χ2v) is 4.67. The Morgan fingerprint density at radius 3 is 2.67 bits per heavy atom. The minimum absolute atomic E-state index is 0.341. The molecule has 1 aromatic heterocycles. The summed E-state index contributed by atoms with van der Waals surface area (Å²) in [7, 11) is 0. The van der Waals surface area contributed by atoms with Crippen molar-refractivity contribution in [2.45, 2.75) is 19.4 Å². The van der Waals surface area contributed by atoms with Crippen molar-refractivity contribution >= 4 is 34.4 Å². The molecule has 9 heteroatoms. The Morgan fingerprint density at radius 1 is 1.56 bits per heavy atom. The molecule has 1 aromatic rings. The number of thiazole rings is 1. The first-order valence-corrected chi connectivity index (χ1v) is 5.71. The molecule has 0 unspecified atom stereocenters. The molecule has 98 valence electrons. The van der Waals surface area contributed by atoms with Gasteiger partial charge in [0.15, 0.2) is 5.13 Å². The number of aromatic nitrogens is 1. The summed E-state index contributed by atoms with van der Waals surface area (Å²) in [4.78, 5) is 37.6. The maximum absolute atomic E-state index is 11.4. The van der Waals surface area contributed by atoms with Gasteiger partial charge >= 0.3 is 12.0 Å². The Labute approximate surface area is 106 Å². The van der Waals surface area contributed by atoms with Crippen LogP contribution < -0.4 is 16.4 Å². The van der Waals surface area contributed by atoms with Gasteiger partial charge in [-0.1, -0.05) is 0 Å². The highest BCUT2D eigenvalue weighted by atomic mass is 32.1. The Kier molecular flexibility index (Phi) is 4.60. The van der Waals surface area contributed by atoms with Crippen LogP contribution in [-0.4, -0.2) is 34.0 Å². The first kappa shape index (κ1) is 13.9. The van der Waals surface area contributed by atoms with E-state index in [1.807, 2.05) is 6.92 Å². The van der Waals surface area contributed by atoms with Gasteiger partial charge in [-0.25, -0.2) is 14.6 Å². The highest BCUT2D eigenvalue weighted by molar-refractivity contribution is 7.15. The zero-order valence-electron chi connectivity index (χ0n) is 9.47. The van der Waals surface area contributed by atoms with Crippen molar-refractivity contribution in [2.24, 2.45) is 5.73 Å². The van der Waals surface area contributed by atoms with Crippen LogP contribution in [0.5, 0.6) is 0 Å². The minimum atomic E-state index is -1.36. The molecule has 1 heterocycles. The number of nitrogens with zero attached hydrogens (tertiary/aromatic N) is 1. The molecule has 0 aromatic carbocycles. The van der Waals surface area contributed by atoms with Gasteiger partial charge in [0.25, 0.3) is 0 Å². The molecule has 0 bridgehead atoms. The van der Waals surface area contributed by atoms with Gasteiger partial charge in [-0.2, -0.15) is 0 Å². The Hall–Kier alpha value is -2.16. The van der Waals surface area contributed by atoms with E-state index in [9.17, 15) is 14.4 Å². The van der Waals surface area contributed by atoms with Crippen LogP contribution in [0.25, 0.3) is 0 Å². The molecule has 1 atom stereocenters. The number of hydrogen-bond acceptors (Lipinski definition) is 5. The molecule has 0 radical (unpaired) electrons. The van der Waals surface area contributed by atoms with Gasteiger partial charge < -0.3 is 16.2 Å². The van der Waals surface area contributed by atoms with E-state index in [1.165, 1.54) is 11.3 Å². The predicted octanol–water partition coefficient (Wildman–Crippen LogP) is -0.0984. The number of hydrogen-bond donors (Lipinski definition) is 4. The lowest BCUT2D eigenvalue weighted by Crippen LogP contribution is -2.45. The highest BCUT2D eigenvalue weighted by Gasteiger charge is 2.22. The normalized spacial score (nSPS) is 11.6. The first-order chi connectivity index (χ1) is 8.38. The summed E-state index contributed by atoms with van der Waals surface area (Å²) in [6, 6.07) is -2.11. The van der Waals surface area contributed by atoms with Crippen molar-refractivity contribution in [1.29, 1.82) is 0 Å². The molecular weight excluding hydrogens is 260 g/mol. The fourth-order valence-corrected chi connectivity index (χ4v) is 1.76. The number of nitrogens with two attached hydrogens (primary N) is 1. The van der Waals surface area contributed by atoms with E-state index in [0.717, 1.165) is 4.88 Å². The summed E-state index contributed by atoms with van der Waals surface area (Å²) < 4.78 is 0. The second kappa shape index (κ2) is 5.96. The van der Waals surface area contributed by atoms with Crippen molar-refractivity contribution in [3.63, 3.8) is 0 Å². The zero-order chi connectivity index (χ0) is 13.7. The predicted molar refractivity (Wildman–Crippen MR) is 64.2 cm³/mol. The molecule has 0 saturated heterocycles. The fourth-order valence-electron chi connectivity index (χ4n) is 1.11. The summed E-state index contributed by atoms with van der Waals surface area (Å²) in [5.41, 5.74) is 4.88. The summed E-state index contributed by atoms with van der Waals surface area (Å²) in [6.07, 6.45) is 1.10. The summed E-state index contributed by atoms with van der Waals surface area (Å²) in [5.74, 6) is -2.15. The SMILES string of the molecule is Cc1cnc(NC(=O)N[C@H](CC(N)=O)C(=O)O)s1. The molecular formula is C9H12N4O4S. The molecule has 0 fully saturated rings. The number of amides is 3. The molecule has 3 amide bonds. The monoisotopic (exact) mass is 272 g/mol. The maximum atomic E-state index is 11.4. The van der Waals surface area contributed by atoms with Crippen LogP contribution >= 0.6 is 11.3 Å². The third-order valence-electron chi connectivity index (χ3n) is 1.85. The number of aryl methyl sites for hydroxylation is 1. The van der Waals surface area contributed by atoms with E-state index >= 15 is 0 Å². The number of nitrogens with one attached hydrogen (secondary N) is 2. The van der Waals surface area contributed by atoms with Crippen LogP contribution in [0.4, 0.5) is 9.93 Å². The molecule has 0 saturated carbocycles. The number of carbonyl (C=O) groups is 3. The summed E-state index contributed by atoms with van der Waals surface area (Å²) >= 11 is 1.24. The zero-order valence-corrected chi connectivity index (χ0v) is 10.3. The van der Waals surface area contributed by atoms with Crippen LogP contribution in [-0.2, 0) is 9.59 Å². The number of urea groups is 1. The number of primary amides is 1. The van der Waals surface area contributed by atoms with Gasteiger partial charge in [-0.3, -0.25) is 10.1 Å². The molecule has 18 heavy (non-hydrogen) atoms. The Balaban J connectivity index is 2.56. The van der Waals surface area contributed by atoms with E-state index in [0.29, 0.717) is 5.13 Å². The Bertz CT molecular complexity index is 473. The van der Waals surface area contributed by atoms with Crippen molar-refractivity contribution in [3.05, 3.63) is 11.1 Å². The van der Waals surface area contributed by atoms with E-state index in [1.54, 1.807) is 6.20 Å². The number of carboxylic acids is 1. The number of carbonyl (C=O) groups excluding carboxylic acids is 2. The number of aliphatic carboxylic acids is 1. The van der Waals surface area contributed by atoms with Crippen molar-refractivity contribution in [2.75, 3.05) is 5.32 Å². The molecule has 5 N–H and O–H groups in total. The van der Waals surface area contributed by atoms with Crippen LogP contribution in [0, 0.1) is 6.92 Å². The van der Waals surface area contributed by atoms with Crippen LogP contribution in [0.2, 0.25) is 0 Å². The maximum Gasteiger partial charge on any atom is 0.326 e. The average Bonchev–Trinajstić information content (AvgIpc) is 2.62. The van der Waals surface area contributed by atoms with Crippen molar-refractivity contribution in [3.8, 4) is 0 Å². The standard InChI is InChI=1S/C9H12N4O4S/c1-4-3-11-9(18-4)13-8(17)12-5(7(15)16)2-6(10)14/h3,5H,2H2,1H3,(H2,10,14)(H,15,16)(H2,11,12,13,17)/t5-/m1/s1. The van der Waals surface area contributed by atoms with Crippen molar-refractivity contribution in [1.82, 2.24) is 10.3 Å². The molecule has 0 spiro atoms. The average molecular weight is 272 g/mol. The molecule has 0 aliphatic rings. The fraction of sp³-hybridized carbons (Fsp3) is 0.333. The van der Waals surface area contributed by atoms with E-state index in [4.69, 9.17) is 10.8 Å². The van der Waals surface area contributed by atoms with Gasteiger partial charge in [-0.05, 0) is 6.92 Å². The summed E-state index contributed by atoms with van der Waals surface area (Å²) in [5, 5.41) is 13.6. The third kappa shape index (κ3) is 4.37. The van der Waals surface area contributed by atoms with Gasteiger partial charge in [0, 0.05) is 11.1 Å². The number of anilines is 1. The second-order valence-electron chi connectivity index (χ2n) is 3.44. The lowest BCUT2D eigenvalue weighted by Gasteiger charge is -2.12. The first-order valence-electron chi connectivity index (χ1n) is 4.89. The van der Waals surface area contributed by atoms with E-state index in [-0.39, 0.29) is 0 Å². The lowest BCUT2D eigenvalue weighted by atomic mass is 10.2. The number of carboxylic acid groups (broad SMARTS) is 1. The van der Waals surface area contributed by atoms with Gasteiger partial charge in [0.2, 0.25) is 5.91 Å². The highest BCUT2D eigenvalue weighted by Crippen LogP contribution is 2.16. The van der Waals surface area contributed by atoms with Gasteiger partial charge in [0.05, 0.1) is 6.42 Å². The van der Waals surface area contributed by atoms with Crippen LogP contribution in [0.15, 0.2) is 6.20 Å². The molecule has 1 rings (SSSR count). The van der Waals surface area contributed by atoms with Crippen LogP contribution in [0.1, 0.15) is 11.3 Å². The summed E-state index contributed by atoms with van der Waals surface area (Å²) in [6.45, 7) is 1.81. The van der Waals surface area contributed by atoms with E-state index < -0.39 is 30.4 Å². The quantitative estimate of drug-likeness (QED) is 0.593. The lowest BCUT2D eigenvalue weighted by molar-refractivity contribution is -0.140. The minimum Gasteiger partial charge on any atom is -0.480 e. The Morgan fingerprint density at radius 2 is 2.22 bits per heavy atom. The van der Waals surface area contributed by atoms with Gasteiger partial charge in [0.1, 0.15) is 6.04 Å². The smallest absolute Gasteiger partial charge is 0.326 e. The molecule has 0 aliphatic heterocycles. The number of rotatable bonds is 5.